The second-order valence-electron chi connectivity index (χ2n) is 3.59. The van der Waals surface area contributed by atoms with Crippen molar-refractivity contribution in [2.24, 2.45) is 5.92 Å². The molecule has 2 nitrogen and oxygen atoms in total. The van der Waals surface area contributed by atoms with Crippen LogP contribution < -0.4 is 0 Å². The van der Waals surface area contributed by atoms with E-state index < -0.39 is 0 Å². The lowest BCUT2D eigenvalue weighted by Crippen LogP contribution is -2.12. The predicted octanol–water partition coefficient (Wildman–Crippen LogP) is 1.31. The predicted molar refractivity (Wildman–Crippen MR) is 44.3 cm³/mol. The van der Waals surface area contributed by atoms with Crippen LogP contribution in [0.25, 0.3) is 0 Å². The minimum absolute atomic E-state index is 0.239. The molecule has 0 amide bonds. The van der Waals surface area contributed by atoms with E-state index in [0.29, 0.717) is 12.3 Å². The fraction of sp³-hybridized carbons (Fsp3) is 1.00. The van der Waals surface area contributed by atoms with E-state index in [1.54, 1.807) is 0 Å². The Morgan fingerprint density at radius 3 is 2.45 bits per heavy atom. The minimum Gasteiger partial charge on any atom is -0.393 e. The van der Waals surface area contributed by atoms with Crippen molar-refractivity contribution in [1.82, 2.24) is 0 Å². The van der Waals surface area contributed by atoms with Crippen molar-refractivity contribution >= 4 is 0 Å². The Balaban J connectivity index is 2.23. The van der Waals surface area contributed by atoms with Gasteiger partial charge in [-0.3, -0.25) is 0 Å². The number of unbranched alkanes of at least 4 members (excludes halogenated alkanes) is 1. The third kappa shape index (κ3) is 2.46. The lowest BCUT2D eigenvalue weighted by atomic mass is 9.99. The zero-order chi connectivity index (χ0) is 8.27. The molecule has 0 spiro atoms. The van der Waals surface area contributed by atoms with Gasteiger partial charge in [-0.05, 0) is 25.2 Å². The molecule has 3 atom stereocenters. The lowest BCUT2D eigenvalue weighted by molar-refractivity contribution is 0.116. The molecule has 1 fully saturated rings. The van der Waals surface area contributed by atoms with Gasteiger partial charge in [0.05, 0.1) is 12.2 Å². The van der Waals surface area contributed by atoms with E-state index in [2.05, 4.69) is 6.92 Å². The van der Waals surface area contributed by atoms with Gasteiger partial charge < -0.3 is 10.2 Å². The van der Waals surface area contributed by atoms with Gasteiger partial charge in [-0.25, -0.2) is 0 Å². The van der Waals surface area contributed by atoms with Gasteiger partial charge in [0, 0.05) is 0 Å². The lowest BCUT2D eigenvalue weighted by Gasteiger charge is -2.12. The molecule has 2 heteroatoms. The Morgan fingerprint density at radius 1 is 1.27 bits per heavy atom. The van der Waals surface area contributed by atoms with Crippen molar-refractivity contribution in [3.05, 3.63) is 0 Å². The van der Waals surface area contributed by atoms with Gasteiger partial charge in [-0.1, -0.05) is 19.8 Å². The molecule has 3 unspecified atom stereocenters. The maximum absolute atomic E-state index is 9.43. The average Bonchev–Trinajstić information content (AvgIpc) is 2.26. The van der Waals surface area contributed by atoms with Crippen molar-refractivity contribution in [3.8, 4) is 0 Å². The second-order valence-corrected chi connectivity index (χ2v) is 3.59. The summed E-state index contributed by atoms with van der Waals surface area (Å²) in [5, 5.41) is 18.6. The molecular formula is C9H18O2. The number of rotatable bonds is 3. The summed E-state index contributed by atoms with van der Waals surface area (Å²) in [5.41, 5.74) is 0. The molecule has 66 valence electrons. The van der Waals surface area contributed by atoms with Crippen molar-refractivity contribution in [1.29, 1.82) is 0 Å². The largest absolute Gasteiger partial charge is 0.393 e. The highest BCUT2D eigenvalue weighted by Crippen LogP contribution is 2.29. The quantitative estimate of drug-likeness (QED) is 0.650. The molecule has 0 radical (unpaired) electrons. The first-order chi connectivity index (χ1) is 5.24. The van der Waals surface area contributed by atoms with E-state index in [0.717, 1.165) is 12.8 Å². The molecule has 0 aliphatic heterocycles. The van der Waals surface area contributed by atoms with Crippen LogP contribution in [0.4, 0.5) is 0 Å². The van der Waals surface area contributed by atoms with Gasteiger partial charge in [-0.15, -0.1) is 0 Å². The maximum Gasteiger partial charge on any atom is 0.0593 e. The third-order valence-electron chi connectivity index (χ3n) is 2.56. The van der Waals surface area contributed by atoms with Crippen molar-refractivity contribution in [3.63, 3.8) is 0 Å². The first-order valence-electron chi connectivity index (χ1n) is 4.60. The summed E-state index contributed by atoms with van der Waals surface area (Å²) >= 11 is 0. The Labute approximate surface area is 68.2 Å². The van der Waals surface area contributed by atoms with Crippen LogP contribution in [0, 0.1) is 5.92 Å². The SMILES string of the molecule is CCCCC1CC(O)CC1O. The molecule has 1 aliphatic carbocycles. The molecule has 0 aromatic heterocycles. The molecule has 0 aromatic rings. The van der Waals surface area contributed by atoms with Gasteiger partial charge >= 0.3 is 0 Å². The zero-order valence-corrected chi connectivity index (χ0v) is 7.16. The topological polar surface area (TPSA) is 40.5 Å². The van der Waals surface area contributed by atoms with Crippen LogP contribution in [0.3, 0.4) is 0 Å². The molecule has 0 aromatic carbocycles. The van der Waals surface area contributed by atoms with Gasteiger partial charge in [0.15, 0.2) is 0 Å². The summed E-state index contributed by atoms with van der Waals surface area (Å²) < 4.78 is 0. The Morgan fingerprint density at radius 2 is 2.00 bits per heavy atom. The van der Waals surface area contributed by atoms with E-state index in [9.17, 15) is 10.2 Å². The van der Waals surface area contributed by atoms with Crippen LogP contribution >= 0.6 is 0 Å². The van der Waals surface area contributed by atoms with E-state index in [1.807, 2.05) is 0 Å². The monoisotopic (exact) mass is 158 g/mol. The Bertz CT molecular complexity index is 114. The average molecular weight is 158 g/mol. The molecule has 0 heterocycles. The van der Waals surface area contributed by atoms with Gasteiger partial charge in [0.25, 0.3) is 0 Å². The highest BCUT2D eigenvalue weighted by Gasteiger charge is 2.30. The first-order valence-corrected chi connectivity index (χ1v) is 4.60. The van der Waals surface area contributed by atoms with Gasteiger partial charge in [-0.2, -0.15) is 0 Å². The number of aliphatic hydroxyl groups excluding tert-OH is 2. The maximum atomic E-state index is 9.43. The van der Waals surface area contributed by atoms with E-state index in [1.165, 1.54) is 12.8 Å². The standard InChI is InChI=1S/C9H18O2/c1-2-3-4-7-5-8(10)6-9(7)11/h7-11H,2-6H2,1H3. The summed E-state index contributed by atoms with van der Waals surface area (Å²) in [7, 11) is 0. The summed E-state index contributed by atoms with van der Waals surface area (Å²) in [5.74, 6) is 0.366. The summed E-state index contributed by atoms with van der Waals surface area (Å²) in [6.45, 7) is 2.15. The van der Waals surface area contributed by atoms with Crippen LogP contribution in [0.2, 0.25) is 0 Å². The smallest absolute Gasteiger partial charge is 0.0593 e. The van der Waals surface area contributed by atoms with Crippen molar-refractivity contribution in [2.45, 2.75) is 51.2 Å². The van der Waals surface area contributed by atoms with Gasteiger partial charge in [0.1, 0.15) is 0 Å². The first kappa shape index (κ1) is 9.01. The van der Waals surface area contributed by atoms with Crippen LogP contribution in [0.1, 0.15) is 39.0 Å². The van der Waals surface area contributed by atoms with Crippen molar-refractivity contribution < 1.29 is 10.2 Å². The Kier molecular flexibility index (Phi) is 3.34. The fourth-order valence-corrected chi connectivity index (χ4v) is 1.85. The molecule has 0 bridgehead atoms. The van der Waals surface area contributed by atoms with E-state index in [4.69, 9.17) is 0 Å². The van der Waals surface area contributed by atoms with Crippen molar-refractivity contribution in [2.75, 3.05) is 0 Å². The summed E-state index contributed by atoms with van der Waals surface area (Å²) in [6, 6.07) is 0. The number of aliphatic hydroxyl groups is 2. The molecule has 1 saturated carbocycles. The van der Waals surface area contributed by atoms with Crippen LogP contribution in [0.15, 0.2) is 0 Å². The molecule has 0 saturated heterocycles. The third-order valence-corrected chi connectivity index (χ3v) is 2.56. The zero-order valence-electron chi connectivity index (χ0n) is 7.16. The number of hydrogen-bond acceptors (Lipinski definition) is 2. The summed E-state index contributed by atoms with van der Waals surface area (Å²) in [6.07, 6.45) is 4.35. The molecule has 1 aliphatic rings. The van der Waals surface area contributed by atoms with Crippen LogP contribution in [-0.2, 0) is 0 Å². The Hall–Kier alpha value is -0.0800. The fourth-order valence-electron chi connectivity index (χ4n) is 1.85. The van der Waals surface area contributed by atoms with Crippen LogP contribution in [-0.4, -0.2) is 22.4 Å². The van der Waals surface area contributed by atoms with E-state index >= 15 is 0 Å². The molecule has 1 rings (SSSR count). The molecular weight excluding hydrogens is 140 g/mol. The normalized spacial score (nSPS) is 37.9. The highest BCUT2D eigenvalue weighted by molar-refractivity contribution is 4.82. The van der Waals surface area contributed by atoms with E-state index in [-0.39, 0.29) is 12.2 Å². The molecule has 2 N–H and O–H groups in total. The van der Waals surface area contributed by atoms with Gasteiger partial charge in [0.2, 0.25) is 0 Å². The highest BCUT2D eigenvalue weighted by atomic mass is 16.3. The minimum atomic E-state index is -0.244. The van der Waals surface area contributed by atoms with Crippen LogP contribution in [0.5, 0.6) is 0 Å². The summed E-state index contributed by atoms with van der Waals surface area (Å²) in [4.78, 5) is 0. The molecule has 11 heavy (non-hydrogen) atoms. The second kappa shape index (κ2) is 4.07. The number of hydrogen-bond donors (Lipinski definition) is 2.